The highest BCUT2D eigenvalue weighted by molar-refractivity contribution is 7.98. The van der Waals surface area contributed by atoms with Crippen molar-refractivity contribution in [2.75, 3.05) is 6.26 Å². The maximum absolute atomic E-state index is 6.12. The van der Waals surface area contributed by atoms with Crippen molar-refractivity contribution < 1.29 is 0 Å². The number of thioether (sulfide) groups is 1. The number of rotatable bonds is 4. The molecule has 1 aromatic carbocycles. The number of hydrogen-bond acceptors (Lipinski definition) is 2. The fourth-order valence-corrected chi connectivity index (χ4v) is 2.11. The third-order valence-corrected chi connectivity index (χ3v) is 3.57. The lowest BCUT2D eigenvalue weighted by molar-refractivity contribution is 0.597. The van der Waals surface area contributed by atoms with Gasteiger partial charge in [-0.25, -0.2) is 0 Å². The summed E-state index contributed by atoms with van der Waals surface area (Å²) in [4.78, 5) is 1.31. The fraction of sp³-hybridized carbons (Fsp3) is 0.500. The van der Waals surface area contributed by atoms with Gasteiger partial charge in [0.2, 0.25) is 0 Å². The molecule has 2 heteroatoms. The summed E-state index contributed by atoms with van der Waals surface area (Å²) in [7, 11) is 0. The summed E-state index contributed by atoms with van der Waals surface area (Å²) in [5.41, 5.74) is 7.41. The Labute approximate surface area is 90.1 Å². The second-order valence-electron chi connectivity index (χ2n) is 4.06. The van der Waals surface area contributed by atoms with Crippen LogP contribution in [0, 0.1) is 5.92 Å². The molecule has 1 aromatic rings. The van der Waals surface area contributed by atoms with E-state index >= 15 is 0 Å². The average molecular weight is 207 g/mol. The molecule has 1 atom stereocenters. The van der Waals surface area contributed by atoms with Crippen LogP contribution in [0.3, 0.4) is 0 Å². The first kappa shape index (κ1) is 10.1. The Kier molecular flexibility index (Phi) is 3.14. The molecule has 0 radical (unpaired) electrons. The lowest BCUT2D eigenvalue weighted by atomic mass is 10.0. The van der Waals surface area contributed by atoms with Crippen molar-refractivity contribution in [3.05, 3.63) is 29.8 Å². The van der Waals surface area contributed by atoms with Crippen LogP contribution in [0.25, 0.3) is 0 Å². The van der Waals surface area contributed by atoms with Gasteiger partial charge in [0.1, 0.15) is 0 Å². The maximum atomic E-state index is 6.12. The minimum Gasteiger partial charge on any atom is -0.324 e. The molecule has 1 nitrogen and oxygen atoms in total. The number of benzene rings is 1. The molecule has 2 N–H and O–H groups in total. The Morgan fingerprint density at radius 3 is 2.50 bits per heavy atom. The third kappa shape index (κ3) is 2.52. The van der Waals surface area contributed by atoms with Gasteiger partial charge in [-0.3, -0.25) is 0 Å². The molecule has 0 aromatic heterocycles. The smallest absolute Gasteiger partial charge is 0.0297 e. The van der Waals surface area contributed by atoms with Crippen molar-refractivity contribution in [3.63, 3.8) is 0 Å². The zero-order valence-corrected chi connectivity index (χ0v) is 9.39. The molecule has 1 aliphatic rings. The van der Waals surface area contributed by atoms with Crippen molar-refractivity contribution in [1.82, 2.24) is 0 Å². The molecule has 2 rings (SSSR count). The fourth-order valence-electron chi connectivity index (χ4n) is 1.70. The van der Waals surface area contributed by atoms with Crippen LogP contribution in [0.1, 0.15) is 30.9 Å². The van der Waals surface area contributed by atoms with E-state index in [1.54, 1.807) is 11.8 Å². The van der Waals surface area contributed by atoms with Crippen LogP contribution in [-0.2, 0) is 0 Å². The zero-order valence-electron chi connectivity index (χ0n) is 8.57. The molecule has 1 aliphatic carbocycles. The lowest BCUT2D eigenvalue weighted by Gasteiger charge is -2.11. The van der Waals surface area contributed by atoms with Gasteiger partial charge >= 0.3 is 0 Å². The van der Waals surface area contributed by atoms with Crippen molar-refractivity contribution in [2.45, 2.75) is 30.2 Å². The van der Waals surface area contributed by atoms with Crippen LogP contribution in [0.2, 0.25) is 0 Å². The van der Waals surface area contributed by atoms with Crippen LogP contribution in [-0.4, -0.2) is 6.26 Å². The summed E-state index contributed by atoms with van der Waals surface area (Å²) in [6, 6.07) is 8.90. The van der Waals surface area contributed by atoms with E-state index in [2.05, 4.69) is 30.5 Å². The quantitative estimate of drug-likeness (QED) is 0.767. The van der Waals surface area contributed by atoms with Gasteiger partial charge in [-0.05, 0) is 36.3 Å². The Hall–Kier alpha value is -0.470. The van der Waals surface area contributed by atoms with Gasteiger partial charge in [-0.2, -0.15) is 0 Å². The van der Waals surface area contributed by atoms with Gasteiger partial charge < -0.3 is 5.73 Å². The van der Waals surface area contributed by atoms with E-state index in [9.17, 15) is 0 Å². The monoisotopic (exact) mass is 207 g/mol. The normalized spacial score (nSPS) is 18.1. The largest absolute Gasteiger partial charge is 0.324 e. The summed E-state index contributed by atoms with van der Waals surface area (Å²) >= 11 is 1.77. The molecule has 0 saturated heterocycles. The van der Waals surface area contributed by atoms with Gasteiger partial charge in [0, 0.05) is 10.9 Å². The van der Waals surface area contributed by atoms with Gasteiger partial charge in [-0.1, -0.05) is 25.0 Å². The molecule has 1 fully saturated rings. The Morgan fingerprint density at radius 2 is 2.00 bits per heavy atom. The molecule has 0 amide bonds. The molecule has 76 valence electrons. The van der Waals surface area contributed by atoms with Crippen molar-refractivity contribution >= 4 is 11.8 Å². The van der Waals surface area contributed by atoms with Crippen LogP contribution in [0.4, 0.5) is 0 Å². The SMILES string of the molecule is CSc1ccc([C@@H](N)CC2CC2)cc1. The molecule has 1 saturated carbocycles. The van der Waals surface area contributed by atoms with Gasteiger partial charge in [0.25, 0.3) is 0 Å². The van der Waals surface area contributed by atoms with E-state index in [0.717, 1.165) is 5.92 Å². The molecular weight excluding hydrogens is 190 g/mol. The minimum absolute atomic E-state index is 0.249. The molecule has 0 heterocycles. The standard InChI is InChI=1S/C12H17NS/c1-14-11-6-4-10(5-7-11)12(13)8-9-2-3-9/h4-7,9,12H,2-3,8,13H2,1H3/t12-/m0/s1. The number of hydrogen-bond donors (Lipinski definition) is 1. The van der Waals surface area contributed by atoms with E-state index < -0.39 is 0 Å². The van der Waals surface area contributed by atoms with Crippen molar-refractivity contribution in [3.8, 4) is 0 Å². The van der Waals surface area contributed by atoms with E-state index in [1.807, 2.05) is 0 Å². The second kappa shape index (κ2) is 4.37. The molecule has 0 unspecified atom stereocenters. The van der Waals surface area contributed by atoms with Crippen LogP contribution in [0.5, 0.6) is 0 Å². The summed E-state index contributed by atoms with van der Waals surface area (Å²) < 4.78 is 0. The first-order chi connectivity index (χ1) is 6.79. The topological polar surface area (TPSA) is 26.0 Å². The molecule has 0 bridgehead atoms. The van der Waals surface area contributed by atoms with Crippen molar-refractivity contribution in [2.24, 2.45) is 11.7 Å². The predicted molar refractivity (Wildman–Crippen MR) is 62.5 cm³/mol. The van der Waals surface area contributed by atoms with Gasteiger partial charge in [0.05, 0.1) is 0 Å². The van der Waals surface area contributed by atoms with Crippen LogP contribution >= 0.6 is 11.8 Å². The number of nitrogens with two attached hydrogens (primary N) is 1. The second-order valence-corrected chi connectivity index (χ2v) is 4.94. The Morgan fingerprint density at radius 1 is 1.36 bits per heavy atom. The van der Waals surface area contributed by atoms with E-state index in [1.165, 1.54) is 29.7 Å². The minimum atomic E-state index is 0.249. The predicted octanol–water partition coefficient (Wildman–Crippen LogP) is 3.21. The van der Waals surface area contributed by atoms with E-state index in [0.29, 0.717) is 0 Å². The van der Waals surface area contributed by atoms with Crippen LogP contribution in [0.15, 0.2) is 29.2 Å². The summed E-state index contributed by atoms with van der Waals surface area (Å²) in [5.74, 6) is 0.908. The summed E-state index contributed by atoms with van der Waals surface area (Å²) in [5, 5.41) is 0. The highest BCUT2D eigenvalue weighted by atomic mass is 32.2. The zero-order chi connectivity index (χ0) is 9.97. The lowest BCUT2D eigenvalue weighted by Crippen LogP contribution is -2.10. The average Bonchev–Trinajstić information content (AvgIpc) is 3.02. The highest BCUT2D eigenvalue weighted by Gasteiger charge is 2.24. The first-order valence-corrected chi connectivity index (χ1v) is 6.41. The van der Waals surface area contributed by atoms with E-state index in [-0.39, 0.29) is 6.04 Å². The maximum Gasteiger partial charge on any atom is 0.0297 e. The Balaban J connectivity index is 1.99. The first-order valence-electron chi connectivity index (χ1n) is 5.19. The third-order valence-electron chi connectivity index (χ3n) is 2.83. The molecule has 0 aliphatic heterocycles. The van der Waals surface area contributed by atoms with E-state index in [4.69, 9.17) is 5.73 Å². The summed E-state index contributed by atoms with van der Waals surface area (Å²) in [6.45, 7) is 0. The van der Waals surface area contributed by atoms with Crippen molar-refractivity contribution in [1.29, 1.82) is 0 Å². The summed E-state index contributed by atoms with van der Waals surface area (Å²) in [6.07, 6.45) is 6.03. The van der Waals surface area contributed by atoms with Gasteiger partial charge in [0.15, 0.2) is 0 Å². The van der Waals surface area contributed by atoms with Crippen LogP contribution < -0.4 is 5.73 Å². The Bertz CT molecular complexity index is 290. The highest BCUT2D eigenvalue weighted by Crippen LogP contribution is 2.36. The molecule has 14 heavy (non-hydrogen) atoms. The molecule has 0 spiro atoms. The molecular formula is C12H17NS. The van der Waals surface area contributed by atoms with Gasteiger partial charge in [-0.15, -0.1) is 11.8 Å².